The molecule has 10 heteroatoms. The molecule has 0 unspecified atom stereocenters. The summed E-state index contributed by atoms with van der Waals surface area (Å²) >= 11 is 2.88. The van der Waals surface area contributed by atoms with Gasteiger partial charge in [-0.25, -0.2) is 4.79 Å². The summed E-state index contributed by atoms with van der Waals surface area (Å²) < 4.78 is 5.59. The molecule has 126 valence electrons. The number of halogens is 1. The Hall–Kier alpha value is -1.56. The number of hydrogen-bond acceptors (Lipinski definition) is 6. The third kappa shape index (κ3) is 6.60. The van der Waals surface area contributed by atoms with E-state index in [9.17, 15) is 19.7 Å². The van der Waals surface area contributed by atoms with Crippen LogP contribution in [-0.2, 0) is 9.53 Å². The molecular formula is C13H15IN2O6S. The van der Waals surface area contributed by atoms with E-state index in [1.54, 1.807) is 20.8 Å². The van der Waals surface area contributed by atoms with Crippen LogP contribution in [0, 0.1) is 13.7 Å². The Morgan fingerprint density at radius 1 is 1.43 bits per heavy atom. The molecular weight excluding hydrogens is 439 g/mol. The van der Waals surface area contributed by atoms with E-state index in [2.05, 4.69) is 5.32 Å². The van der Waals surface area contributed by atoms with Crippen LogP contribution in [0.25, 0.3) is 0 Å². The van der Waals surface area contributed by atoms with E-state index < -0.39 is 22.6 Å². The van der Waals surface area contributed by atoms with Gasteiger partial charge in [0, 0.05) is 14.5 Å². The molecule has 0 heterocycles. The highest BCUT2D eigenvalue weighted by Crippen LogP contribution is 2.34. The van der Waals surface area contributed by atoms with Crippen LogP contribution in [0.2, 0.25) is 0 Å². The lowest BCUT2D eigenvalue weighted by atomic mass is 10.2. The highest BCUT2D eigenvalue weighted by molar-refractivity contribution is 14.1. The molecule has 23 heavy (non-hydrogen) atoms. The van der Waals surface area contributed by atoms with Gasteiger partial charge in [0.15, 0.2) is 0 Å². The van der Waals surface area contributed by atoms with Gasteiger partial charge in [-0.2, -0.15) is 0 Å². The average molecular weight is 454 g/mol. The summed E-state index contributed by atoms with van der Waals surface area (Å²) in [6, 6.07) is 2.65. The second-order valence-corrected chi connectivity index (χ2v) is 7.55. The Balaban J connectivity index is 3.11. The number of carboxylic acid groups (broad SMARTS) is 1. The average Bonchev–Trinajstić information content (AvgIpc) is 2.36. The summed E-state index contributed by atoms with van der Waals surface area (Å²) in [5.41, 5.74) is -1.08. The largest absolute Gasteiger partial charge is 0.481 e. The van der Waals surface area contributed by atoms with Crippen molar-refractivity contribution in [3.8, 4) is 0 Å². The number of amides is 1. The minimum Gasteiger partial charge on any atom is -0.481 e. The Bertz CT molecular complexity index is 644. The van der Waals surface area contributed by atoms with E-state index in [0.29, 0.717) is 8.47 Å². The number of ether oxygens (including phenoxy) is 1. The van der Waals surface area contributed by atoms with E-state index in [1.165, 1.54) is 12.1 Å². The first-order valence-electron chi connectivity index (χ1n) is 6.32. The number of nitrogens with one attached hydrogen (secondary N) is 1. The van der Waals surface area contributed by atoms with E-state index in [4.69, 9.17) is 9.84 Å². The van der Waals surface area contributed by atoms with Crippen molar-refractivity contribution in [1.29, 1.82) is 0 Å². The lowest BCUT2D eigenvalue weighted by Crippen LogP contribution is -2.27. The van der Waals surface area contributed by atoms with Gasteiger partial charge in [-0.05, 0) is 49.4 Å². The van der Waals surface area contributed by atoms with Crippen LogP contribution in [0.5, 0.6) is 0 Å². The number of carbonyl (C=O) groups excluding carboxylic acids is 1. The molecule has 0 radical (unpaired) electrons. The second kappa shape index (κ2) is 7.81. The van der Waals surface area contributed by atoms with Crippen LogP contribution in [0.4, 0.5) is 16.2 Å². The number of carbonyl (C=O) groups is 2. The first-order chi connectivity index (χ1) is 10.5. The quantitative estimate of drug-likeness (QED) is 0.301. The molecule has 0 aliphatic rings. The standard InChI is InChI=1S/C13H15IN2O6S/c1-13(2,3)22-12(19)15-8-5-10(23-6-11(17)18)7(14)4-9(8)16(20)21/h4-5H,6H2,1-3H3,(H,15,19)(H,17,18). The Labute approximate surface area is 150 Å². The molecule has 8 nitrogen and oxygen atoms in total. The van der Waals surface area contributed by atoms with Gasteiger partial charge in [-0.3, -0.25) is 20.2 Å². The number of nitro benzene ring substituents is 1. The predicted molar refractivity (Wildman–Crippen MR) is 94.0 cm³/mol. The van der Waals surface area contributed by atoms with E-state index in [1.807, 2.05) is 22.6 Å². The lowest BCUT2D eigenvalue weighted by Gasteiger charge is -2.19. The molecule has 0 spiro atoms. The number of aliphatic carboxylic acids is 1. The van der Waals surface area contributed by atoms with Crippen molar-refractivity contribution in [2.45, 2.75) is 31.3 Å². The molecule has 1 aromatic rings. The Morgan fingerprint density at radius 3 is 2.52 bits per heavy atom. The first kappa shape index (κ1) is 19.5. The fourth-order valence-electron chi connectivity index (χ4n) is 1.46. The fraction of sp³-hybridized carbons (Fsp3) is 0.385. The highest BCUT2D eigenvalue weighted by atomic mass is 127. The third-order valence-electron chi connectivity index (χ3n) is 2.23. The monoisotopic (exact) mass is 454 g/mol. The van der Waals surface area contributed by atoms with Crippen LogP contribution in [-0.4, -0.2) is 33.4 Å². The van der Waals surface area contributed by atoms with Gasteiger partial charge in [-0.15, -0.1) is 11.8 Å². The zero-order valence-corrected chi connectivity index (χ0v) is 15.6. The van der Waals surface area contributed by atoms with Crippen LogP contribution >= 0.6 is 34.4 Å². The molecule has 2 N–H and O–H groups in total. The highest BCUT2D eigenvalue weighted by Gasteiger charge is 2.22. The van der Waals surface area contributed by atoms with Crippen LogP contribution < -0.4 is 5.32 Å². The molecule has 0 aromatic heterocycles. The predicted octanol–water partition coefficient (Wildman–Crippen LogP) is 3.72. The van der Waals surface area contributed by atoms with Gasteiger partial charge < -0.3 is 9.84 Å². The number of benzene rings is 1. The Kier molecular flexibility index (Phi) is 6.62. The molecule has 0 bridgehead atoms. The second-order valence-electron chi connectivity index (χ2n) is 5.37. The number of rotatable bonds is 5. The van der Waals surface area contributed by atoms with Crippen molar-refractivity contribution in [1.82, 2.24) is 0 Å². The molecule has 0 fully saturated rings. The summed E-state index contributed by atoms with van der Waals surface area (Å²) in [7, 11) is 0. The fourth-order valence-corrected chi connectivity index (χ4v) is 3.05. The van der Waals surface area contributed by atoms with Gasteiger partial charge in [0.05, 0.1) is 10.7 Å². The maximum Gasteiger partial charge on any atom is 0.412 e. The van der Waals surface area contributed by atoms with E-state index in [-0.39, 0.29) is 17.1 Å². The Morgan fingerprint density at radius 2 is 2.04 bits per heavy atom. The van der Waals surface area contributed by atoms with Gasteiger partial charge in [-0.1, -0.05) is 0 Å². The van der Waals surface area contributed by atoms with Gasteiger partial charge >= 0.3 is 12.1 Å². The zero-order chi connectivity index (χ0) is 17.8. The van der Waals surface area contributed by atoms with Crippen molar-refractivity contribution in [3.05, 3.63) is 25.8 Å². The number of thioether (sulfide) groups is 1. The van der Waals surface area contributed by atoms with Crippen molar-refractivity contribution in [3.63, 3.8) is 0 Å². The van der Waals surface area contributed by atoms with Crippen molar-refractivity contribution < 1.29 is 24.4 Å². The minimum atomic E-state index is -1.01. The number of carboxylic acids is 1. The molecule has 1 amide bonds. The number of nitrogens with zero attached hydrogens (tertiary/aromatic N) is 1. The van der Waals surface area contributed by atoms with Crippen molar-refractivity contribution in [2.24, 2.45) is 0 Å². The van der Waals surface area contributed by atoms with Crippen LogP contribution in [0.3, 0.4) is 0 Å². The normalized spacial score (nSPS) is 11.0. The minimum absolute atomic E-state index is 0.0439. The number of hydrogen-bond donors (Lipinski definition) is 2. The maximum absolute atomic E-state index is 11.8. The number of anilines is 1. The summed E-state index contributed by atoms with van der Waals surface area (Å²) in [5.74, 6) is -1.20. The number of nitro groups is 1. The molecule has 0 aliphatic carbocycles. The summed E-state index contributed by atoms with van der Waals surface area (Å²) in [4.78, 5) is 33.5. The third-order valence-corrected chi connectivity index (χ3v) is 4.53. The molecule has 0 saturated carbocycles. The SMILES string of the molecule is CC(C)(C)OC(=O)Nc1cc(SCC(=O)O)c(I)cc1[N+](=O)[O-]. The maximum atomic E-state index is 11.8. The summed E-state index contributed by atoms with van der Waals surface area (Å²) in [5, 5.41) is 22.2. The van der Waals surface area contributed by atoms with Crippen molar-refractivity contribution in [2.75, 3.05) is 11.1 Å². The van der Waals surface area contributed by atoms with Crippen molar-refractivity contribution >= 4 is 57.8 Å². The van der Waals surface area contributed by atoms with E-state index >= 15 is 0 Å². The summed E-state index contributed by atoms with van der Waals surface area (Å²) in [6.07, 6.45) is -0.823. The molecule has 0 aliphatic heterocycles. The summed E-state index contributed by atoms with van der Waals surface area (Å²) in [6.45, 7) is 5.01. The smallest absolute Gasteiger partial charge is 0.412 e. The van der Waals surface area contributed by atoms with E-state index in [0.717, 1.165) is 11.8 Å². The first-order valence-corrected chi connectivity index (χ1v) is 8.38. The zero-order valence-electron chi connectivity index (χ0n) is 12.6. The topological polar surface area (TPSA) is 119 Å². The van der Waals surface area contributed by atoms with Crippen LogP contribution in [0.1, 0.15) is 20.8 Å². The molecule has 0 saturated heterocycles. The molecule has 1 rings (SSSR count). The van der Waals surface area contributed by atoms with Crippen LogP contribution in [0.15, 0.2) is 17.0 Å². The lowest BCUT2D eigenvalue weighted by molar-refractivity contribution is -0.384. The molecule has 1 aromatic carbocycles. The van der Waals surface area contributed by atoms with Gasteiger partial charge in [0.2, 0.25) is 0 Å². The van der Waals surface area contributed by atoms with Gasteiger partial charge in [0.1, 0.15) is 11.3 Å². The molecule has 0 atom stereocenters. The van der Waals surface area contributed by atoms with Gasteiger partial charge in [0.25, 0.3) is 5.69 Å².